The van der Waals surface area contributed by atoms with E-state index in [4.69, 9.17) is 16.7 Å². The molecule has 4 nitrogen and oxygen atoms in total. The Morgan fingerprint density at radius 3 is 2.59 bits per heavy atom. The highest BCUT2D eigenvalue weighted by Gasteiger charge is 2.21. The van der Waals surface area contributed by atoms with Crippen molar-refractivity contribution >= 4 is 22.4 Å². The number of fused-ring (bicyclic) bond motifs is 1. The minimum Gasteiger partial charge on any atom is -0.306 e. The average Bonchev–Trinajstić information content (AvgIpc) is 2.90. The van der Waals surface area contributed by atoms with Gasteiger partial charge in [-0.05, 0) is 57.1 Å². The molecular weight excluding hydrogens is 358 g/mol. The molecule has 1 saturated heterocycles. The van der Waals surface area contributed by atoms with Gasteiger partial charge in [0, 0.05) is 16.8 Å². The largest absolute Gasteiger partial charge is 0.306 e. The van der Waals surface area contributed by atoms with Crippen LogP contribution in [0.5, 0.6) is 0 Å². The van der Waals surface area contributed by atoms with Crippen molar-refractivity contribution in [2.45, 2.75) is 31.7 Å². The van der Waals surface area contributed by atoms with Gasteiger partial charge in [-0.3, -0.25) is 4.79 Å². The summed E-state index contributed by atoms with van der Waals surface area (Å²) in [4.78, 5) is 15.5. The first-order chi connectivity index (χ1) is 13.1. The van der Waals surface area contributed by atoms with Gasteiger partial charge in [-0.15, -0.1) is 0 Å². The first-order valence-corrected chi connectivity index (χ1v) is 9.93. The summed E-state index contributed by atoms with van der Waals surface area (Å²) < 4.78 is 1.74. The van der Waals surface area contributed by atoms with Crippen LogP contribution in [0.2, 0.25) is 5.02 Å². The van der Waals surface area contributed by atoms with Crippen LogP contribution in [0.1, 0.15) is 36.6 Å². The number of rotatable bonds is 3. The first kappa shape index (κ1) is 18.2. The van der Waals surface area contributed by atoms with E-state index < -0.39 is 0 Å². The third-order valence-electron chi connectivity index (χ3n) is 5.49. The Bertz CT molecular complexity index is 1010. The smallest absolute Gasteiger partial charge is 0.274 e. The van der Waals surface area contributed by atoms with Gasteiger partial charge in [0.05, 0.1) is 17.1 Å². The number of aromatic nitrogens is 2. The zero-order valence-electron chi connectivity index (χ0n) is 15.6. The molecule has 0 saturated carbocycles. The lowest BCUT2D eigenvalue weighted by Crippen LogP contribution is -2.29. The van der Waals surface area contributed by atoms with Crippen LogP contribution >= 0.6 is 11.6 Å². The molecule has 4 rings (SSSR count). The third-order valence-corrected chi connectivity index (χ3v) is 5.86. The second-order valence-corrected chi connectivity index (χ2v) is 7.81. The van der Waals surface area contributed by atoms with Crippen LogP contribution < -0.4 is 5.56 Å². The van der Waals surface area contributed by atoms with Crippen molar-refractivity contribution < 1.29 is 0 Å². The molecule has 0 radical (unpaired) electrons. The van der Waals surface area contributed by atoms with E-state index in [1.165, 1.54) is 0 Å². The SMILES string of the molecule is CN1CCCC(n2nc(Cc3ccccc3Cl)c3ccccc3c2=O)CC1. The van der Waals surface area contributed by atoms with E-state index in [9.17, 15) is 4.79 Å². The normalized spacial score (nSPS) is 18.5. The second-order valence-electron chi connectivity index (χ2n) is 7.40. The minimum absolute atomic E-state index is 0.0167. The first-order valence-electron chi connectivity index (χ1n) is 9.56. The molecule has 3 aromatic rings. The Kier molecular flexibility index (Phi) is 5.28. The summed E-state index contributed by atoms with van der Waals surface area (Å²) >= 11 is 6.38. The standard InChI is InChI=1S/C22H24ClN3O/c1-25-13-6-8-17(12-14-25)26-22(27)19-10-4-3-9-18(19)21(24-26)15-16-7-2-5-11-20(16)23/h2-5,7,9-11,17H,6,8,12-15H2,1H3. The van der Waals surface area contributed by atoms with Crippen molar-refractivity contribution in [3.63, 3.8) is 0 Å². The molecule has 27 heavy (non-hydrogen) atoms. The van der Waals surface area contributed by atoms with Crippen LogP contribution in [0.15, 0.2) is 53.3 Å². The topological polar surface area (TPSA) is 38.1 Å². The van der Waals surface area contributed by atoms with Crippen molar-refractivity contribution in [3.05, 3.63) is 75.2 Å². The molecule has 0 amide bonds. The Morgan fingerprint density at radius 2 is 1.78 bits per heavy atom. The minimum atomic E-state index is 0.0167. The molecule has 1 aliphatic rings. The fraction of sp³-hybridized carbons (Fsp3) is 0.364. The van der Waals surface area contributed by atoms with Crippen LogP contribution in [0.25, 0.3) is 10.8 Å². The Labute approximate surface area is 164 Å². The number of likely N-dealkylation sites (tertiary alicyclic amines) is 1. The van der Waals surface area contributed by atoms with Gasteiger partial charge in [0.25, 0.3) is 5.56 Å². The fourth-order valence-electron chi connectivity index (χ4n) is 3.94. The van der Waals surface area contributed by atoms with Crippen LogP contribution in [-0.4, -0.2) is 34.8 Å². The van der Waals surface area contributed by atoms with Crippen LogP contribution in [0.3, 0.4) is 0 Å². The van der Waals surface area contributed by atoms with E-state index in [1.807, 2.05) is 48.5 Å². The van der Waals surface area contributed by atoms with Gasteiger partial charge in [-0.2, -0.15) is 5.10 Å². The maximum Gasteiger partial charge on any atom is 0.274 e. The predicted molar refractivity (Wildman–Crippen MR) is 111 cm³/mol. The molecule has 2 aromatic carbocycles. The summed E-state index contributed by atoms with van der Waals surface area (Å²) in [5, 5.41) is 7.25. The van der Waals surface area contributed by atoms with Crippen molar-refractivity contribution in [2.24, 2.45) is 0 Å². The molecule has 1 aromatic heterocycles. The van der Waals surface area contributed by atoms with E-state index in [0.29, 0.717) is 6.42 Å². The molecule has 0 aliphatic carbocycles. The highest BCUT2D eigenvalue weighted by molar-refractivity contribution is 6.31. The van der Waals surface area contributed by atoms with Gasteiger partial charge < -0.3 is 4.90 Å². The average molecular weight is 382 g/mol. The molecule has 2 heterocycles. The monoisotopic (exact) mass is 381 g/mol. The summed E-state index contributed by atoms with van der Waals surface area (Å²) in [6, 6.07) is 15.8. The molecule has 0 bridgehead atoms. The van der Waals surface area contributed by atoms with Gasteiger partial charge in [0.1, 0.15) is 0 Å². The van der Waals surface area contributed by atoms with E-state index >= 15 is 0 Å². The molecule has 1 atom stereocenters. The summed E-state index contributed by atoms with van der Waals surface area (Å²) in [5.41, 5.74) is 1.96. The van der Waals surface area contributed by atoms with Crippen molar-refractivity contribution in [3.8, 4) is 0 Å². The maximum atomic E-state index is 13.2. The quantitative estimate of drug-likeness (QED) is 0.679. The lowest BCUT2D eigenvalue weighted by Gasteiger charge is -2.19. The van der Waals surface area contributed by atoms with Gasteiger partial charge in [0.15, 0.2) is 0 Å². The lowest BCUT2D eigenvalue weighted by atomic mass is 10.0. The zero-order chi connectivity index (χ0) is 18.8. The predicted octanol–water partition coefficient (Wildman–Crippen LogP) is 4.30. The van der Waals surface area contributed by atoms with Gasteiger partial charge in [0.2, 0.25) is 0 Å². The van der Waals surface area contributed by atoms with E-state index in [0.717, 1.165) is 59.4 Å². The molecule has 1 fully saturated rings. The van der Waals surface area contributed by atoms with Crippen molar-refractivity contribution in [1.29, 1.82) is 0 Å². The van der Waals surface area contributed by atoms with E-state index in [2.05, 4.69) is 11.9 Å². The fourth-order valence-corrected chi connectivity index (χ4v) is 4.14. The molecule has 5 heteroatoms. The molecule has 0 N–H and O–H groups in total. The second kappa shape index (κ2) is 7.83. The van der Waals surface area contributed by atoms with Crippen molar-refractivity contribution in [1.82, 2.24) is 14.7 Å². The number of hydrogen-bond acceptors (Lipinski definition) is 3. The highest BCUT2D eigenvalue weighted by atomic mass is 35.5. The Morgan fingerprint density at radius 1 is 1.04 bits per heavy atom. The van der Waals surface area contributed by atoms with Gasteiger partial charge >= 0.3 is 0 Å². The summed E-state index contributed by atoms with van der Waals surface area (Å²) in [7, 11) is 2.14. The van der Waals surface area contributed by atoms with E-state index in [1.54, 1.807) is 4.68 Å². The lowest BCUT2D eigenvalue weighted by molar-refractivity contribution is 0.334. The maximum absolute atomic E-state index is 13.2. The molecule has 1 unspecified atom stereocenters. The highest BCUT2D eigenvalue weighted by Crippen LogP contribution is 2.25. The Balaban J connectivity index is 1.82. The van der Waals surface area contributed by atoms with Crippen molar-refractivity contribution in [2.75, 3.05) is 20.1 Å². The van der Waals surface area contributed by atoms with Crippen LogP contribution in [0, 0.1) is 0 Å². The zero-order valence-corrected chi connectivity index (χ0v) is 16.3. The van der Waals surface area contributed by atoms with Gasteiger partial charge in [-0.25, -0.2) is 4.68 Å². The number of halogens is 1. The molecule has 0 spiro atoms. The molecule has 140 valence electrons. The van der Waals surface area contributed by atoms with Gasteiger partial charge in [-0.1, -0.05) is 48.0 Å². The Hall–Kier alpha value is -2.17. The molecular formula is C22H24ClN3O. The van der Waals surface area contributed by atoms with Crippen LogP contribution in [-0.2, 0) is 6.42 Å². The van der Waals surface area contributed by atoms with Crippen LogP contribution in [0.4, 0.5) is 0 Å². The number of nitrogens with zero attached hydrogens (tertiary/aromatic N) is 3. The number of hydrogen-bond donors (Lipinski definition) is 0. The van der Waals surface area contributed by atoms with E-state index in [-0.39, 0.29) is 11.6 Å². The number of benzene rings is 2. The summed E-state index contributed by atoms with van der Waals surface area (Å²) in [6.45, 7) is 2.07. The summed E-state index contributed by atoms with van der Waals surface area (Å²) in [6.07, 6.45) is 3.64. The molecule has 1 aliphatic heterocycles. The third kappa shape index (κ3) is 3.78. The summed E-state index contributed by atoms with van der Waals surface area (Å²) in [5.74, 6) is 0.